The Morgan fingerprint density at radius 3 is 2.56 bits per heavy atom. The lowest BCUT2D eigenvalue weighted by atomic mass is 10.1. The van der Waals surface area contributed by atoms with Gasteiger partial charge < -0.3 is 10.0 Å². The number of hydrogen-bond donors (Lipinski definition) is 1. The molecule has 3 nitrogen and oxygen atoms in total. The van der Waals surface area contributed by atoms with Crippen molar-refractivity contribution >= 4 is 5.69 Å². The molecule has 0 aliphatic rings. The van der Waals surface area contributed by atoms with Crippen LogP contribution in [0.4, 0.5) is 14.5 Å². The summed E-state index contributed by atoms with van der Waals surface area (Å²) in [7, 11) is 1.55. The van der Waals surface area contributed by atoms with Gasteiger partial charge in [0.2, 0.25) is 0 Å². The quantitative estimate of drug-likeness (QED) is 0.852. The molecule has 0 saturated heterocycles. The number of anilines is 1. The van der Waals surface area contributed by atoms with Gasteiger partial charge in [0.1, 0.15) is 6.07 Å². The molecule has 0 amide bonds. The SMILES string of the molecule is CC(CO)N(C)c1ccc(C#N)c(F)c1F. The number of aliphatic hydroxyl groups excluding tert-OH is 1. The monoisotopic (exact) mass is 226 g/mol. The fraction of sp³-hybridized carbons (Fsp3) is 0.364. The van der Waals surface area contributed by atoms with Gasteiger partial charge in [-0.2, -0.15) is 5.26 Å². The lowest BCUT2D eigenvalue weighted by Crippen LogP contribution is -2.32. The molecule has 0 fully saturated rings. The van der Waals surface area contributed by atoms with E-state index in [0.717, 1.165) is 0 Å². The molecule has 0 aliphatic carbocycles. The summed E-state index contributed by atoms with van der Waals surface area (Å²) < 4.78 is 26.9. The molecule has 0 aliphatic heterocycles. The van der Waals surface area contributed by atoms with E-state index in [1.165, 1.54) is 17.0 Å². The molecule has 1 atom stereocenters. The molecular weight excluding hydrogens is 214 g/mol. The minimum atomic E-state index is -1.16. The summed E-state index contributed by atoms with van der Waals surface area (Å²) in [6.45, 7) is 1.51. The first-order valence-electron chi connectivity index (χ1n) is 4.74. The van der Waals surface area contributed by atoms with Crippen LogP contribution in [0.5, 0.6) is 0 Å². The van der Waals surface area contributed by atoms with E-state index in [1.54, 1.807) is 20.0 Å². The number of nitrogens with zero attached hydrogens (tertiary/aromatic N) is 2. The Labute approximate surface area is 92.5 Å². The molecule has 0 heterocycles. The van der Waals surface area contributed by atoms with E-state index in [2.05, 4.69) is 0 Å². The van der Waals surface area contributed by atoms with Crippen molar-refractivity contribution < 1.29 is 13.9 Å². The maximum absolute atomic E-state index is 13.5. The van der Waals surface area contributed by atoms with Crippen LogP contribution < -0.4 is 4.90 Å². The Morgan fingerprint density at radius 2 is 2.06 bits per heavy atom. The summed E-state index contributed by atoms with van der Waals surface area (Å²) in [5, 5.41) is 17.4. The first-order valence-corrected chi connectivity index (χ1v) is 4.74. The number of benzene rings is 1. The van der Waals surface area contributed by atoms with Crippen molar-refractivity contribution in [1.29, 1.82) is 5.26 Å². The Morgan fingerprint density at radius 1 is 1.44 bits per heavy atom. The van der Waals surface area contributed by atoms with Crippen molar-refractivity contribution in [2.75, 3.05) is 18.6 Å². The smallest absolute Gasteiger partial charge is 0.183 e. The molecule has 1 N–H and O–H groups in total. The second kappa shape index (κ2) is 4.90. The van der Waals surface area contributed by atoms with Gasteiger partial charge in [0.25, 0.3) is 0 Å². The minimum Gasteiger partial charge on any atom is -0.394 e. The van der Waals surface area contributed by atoms with E-state index < -0.39 is 11.6 Å². The van der Waals surface area contributed by atoms with Crippen LogP contribution in [0.15, 0.2) is 12.1 Å². The summed E-state index contributed by atoms with van der Waals surface area (Å²) in [5.74, 6) is -2.22. The van der Waals surface area contributed by atoms with Crippen LogP contribution in [0.3, 0.4) is 0 Å². The molecule has 1 rings (SSSR count). The third-order valence-corrected chi connectivity index (χ3v) is 2.49. The average Bonchev–Trinajstić information content (AvgIpc) is 2.30. The van der Waals surface area contributed by atoms with Crippen LogP contribution >= 0.6 is 0 Å². The van der Waals surface area contributed by atoms with Crippen LogP contribution in [-0.4, -0.2) is 24.8 Å². The molecule has 5 heteroatoms. The zero-order valence-corrected chi connectivity index (χ0v) is 9.04. The third kappa shape index (κ3) is 2.12. The molecule has 16 heavy (non-hydrogen) atoms. The second-order valence-electron chi connectivity index (χ2n) is 3.51. The first-order chi connectivity index (χ1) is 7.52. The summed E-state index contributed by atoms with van der Waals surface area (Å²) in [5.41, 5.74) is -0.302. The summed E-state index contributed by atoms with van der Waals surface area (Å²) in [4.78, 5) is 1.42. The molecule has 1 aromatic carbocycles. The van der Waals surface area contributed by atoms with Crippen molar-refractivity contribution in [3.05, 3.63) is 29.3 Å². The zero-order valence-electron chi connectivity index (χ0n) is 9.04. The number of aliphatic hydroxyl groups is 1. The first kappa shape index (κ1) is 12.4. The minimum absolute atomic E-state index is 0.0260. The Balaban J connectivity index is 3.18. The lowest BCUT2D eigenvalue weighted by Gasteiger charge is -2.25. The van der Waals surface area contributed by atoms with Crippen LogP contribution in [-0.2, 0) is 0 Å². The van der Waals surface area contributed by atoms with Gasteiger partial charge >= 0.3 is 0 Å². The fourth-order valence-electron chi connectivity index (χ4n) is 1.26. The zero-order chi connectivity index (χ0) is 12.3. The van der Waals surface area contributed by atoms with E-state index in [4.69, 9.17) is 10.4 Å². The summed E-state index contributed by atoms with van der Waals surface area (Å²) >= 11 is 0. The highest BCUT2D eigenvalue weighted by Gasteiger charge is 2.18. The summed E-state index contributed by atoms with van der Waals surface area (Å²) in [6.07, 6.45) is 0. The Bertz CT molecular complexity index is 429. The molecule has 0 saturated carbocycles. The number of likely N-dealkylation sites (N-methyl/N-ethyl adjacent to an activating group) is 1. The van der Waals surface area contributed by atoms with Gasteiger partial charge in [0.15, 0.2) is 11.6 Å². The van der Waals surface area contributed by atoms with E-state index in [9.17, 15) is 8.78 Å². The highest BCUT2D eigenvalue weighted by Crippen LogP contribution is 2.24. The van der Waals surface area contributed by atoms with Crippen molar-refractivity contribution in [2.45, 2.75) is 13.0 Å². The Hall–Kier alpha value is -1.67. The van der Waals surface area contributed by atoms with Crippen molar-refractivity contribution in [3.63, 3.8) is 0 Å². The van der Waals surface area contributed by atoms with E-state index in [-0.39, 0.29) is 23.9 Å². The number of nitriles is 1. The Kier molecular flexibility index (Phi) is 3.80. The van der Waals surface area contributed by atoms with Crippen LogP contribution in [0, 0.1) is 23.0 Å². The number of halogens is 2. The third-order valence-electron chi connectivity index (χ3n) is 2.49. The van der Waals surface area contributed by atoms with Crippen molar-refractivity contribution in [3.8, 4) is 6.07 Å². The van der Waals surface area contributed by atoms with Crippen LogP contribution in [0.2, 0.25) is 0 Å². The maximum Gasteiger partial charge on any atom is 0.183 e. The predicted octanol–water partition coefficient (Wildman–Crippen LogP) is 1.65. The van der Waals surface area contributed by atoms with Gasteiger partial charge in [0.05, 0.1) is 17.9 Å². The average molecular weight is 226 g/mol. The normalized spacial score (nSPS) is 12.0. The molecular formula is C11H12F2N2O. The van der Waals surface area contributed by atoms with Crippen LogP contribution in [0.25, 0.3) is 0 Å². The largest absolute Gasteiger partial charge is 0.394 e. The van der Waals surface area contributed by atoms with Gasteiger partial charge in [-0.1, -0.05) is 0 Å². The van der Waals surface area contributed by atoms with E-state index in [1.807, 2.05) is 0 Å². The van der Waals surface area contributed by atoms with E-state index >= 15 is 0 Å². The van der Waals surface area contributed by atoms with Gasteiger partial charge in [-0.3, -0.25) is 0 Å². The van der Waals surface area contributed by atoms with Crippen LogP contribution in [0.1, 0.15) is 12.5 Å². The molecule has 0 bridgehead atoms. The standard InChI is InChI=1S/C11H12F2N2O/c1-7(6-16)15(2)9-4-3-8(5-14)10(12)11(9)13/h3-4,7,16H,6H2,1-2H3. The molecule has 0 aromatic heterocycles. The molecule has 0 spiro atoms. The molecule has 86 valence electrons. The van der Waals surface area contributed by atoms with Crippen molar-refractivity contribution in [1.82, 2.24) is 0 Å². The molecule has 0 radical (unpaired) electrons. The fourth-order valence-corrected chi connectivity index (χ4v) is 1.26. The summed E-state index contributed by atoms with van der Waals surface area (Å²) in [6, 6.07) is 3.77. The second-order valence-corrected chi connectivity index (χ2v) is 3.51. The topological polar surface area (TPSA) is 47.3 Å². The highest BCUT2D eigenvalue weighted by atomic mass is 19.2. The van der Waals surface area contributed by atoms with E-state index in [0.29, 0.717) is 0 Å². The van der Waals surface area contributed by atoms with Crippen molar-refractivity contribution in [2.24, 2.45) is 0 Å². The van der Waals surface area contributed by atoms with Gasteiger partial charge in [-0.05, 0) is 19.1 Å². The molecule has 1 unspecified atom stereocenters. The maximum atomic E-state index is 13.5. The highest BCUT2D eigenvalue weighted by molar-refractivity contribution is 5.52. The van der Waals surface area contributed by atoms with Gasteiger partial charge in [-0.25, -0.2) is 8.78 Å². The number of hydrogen-bond acceptors (Lipinski definition) is 3. The number of rotatable bonds is 3. The molecule has 1 aromatic rings. The van der Waals surface area contributed by atoms with Gasteiger partial charge in [-0.15, -0.1) is 0 Å². The van der Waals surface area contributed by atoms with Gasteiger partial charge in [0, 0.05) is 13.1 Å². The predicted molar refractivity (Wildman–Crippen MR) is 56.0 cm³/mol. The lowest BCUT2D eigenvalue weighted by molar-refractivity contribution is 0.269.